The second-order valence-electron chi connectivity index (χ2n) is 4.61. The molecule has 2 rings (SSSR count). The maximum absolute atomic E-state index is 10.6. The van der Waals surface area contributed by atoms with Crippen LogP contribution in [0.3, 0.4) is 0 Å². The van der Waals surface area contributed by atoms with Crippen LogP contribution in [0, 0.1) is 5.92 Å². The average molecular weight is 238 g/mol. The molecule has 2 N–H and O–H groups in total. The lowest BCUT2D eigenvalue weighted by molar-refractivity contribution is 0.0690. The number of aromatic carboxylic acids is 1. The molecule has 0 unspecified atom stereocenters. The monoisotopic (exact) mass is 238 g/mol. The highest BCUT2D eigenvalue weighted by Gasteiger charge is 2.21. The summed E-state index contributed by atoms with van der Waals surface area (Å²) in [6, 6.07) is 0.681. The number of nitrogens with one attached hydrogen (secondary N) is 1. The summed E-state index contributed by atoms with van der Waals surface area (Å²) in [7, 11) is 0. The van der Waals surface area contributed by atoms with Crippen LogP contribution < -0.4 is 5.32 Å². The fraction of sp³-hybridized carbons (Fsp3) is 0.667. The first-order chi connectivity index (χ1) is 8.19. The Hall–Kier alpha value is -1.52. The smallest absolute Gasteiger partial charge is 0.357 e. The molecule has 1 aliphatic carbocycles. The third-order valence-electron chi connectivity index (χ3n) is 3.48. The molecule has 1 aromatic heterocycles. The van der Waals surface area contributed by atoms with E-state index in [0.717, 1.165) is 18.8 Å². The van der Waals surface area contributed by atoms with E-state index in [2.05, 4.69) is 17.2 Å². The van der Waals surface area contributed by atoms with Gasteiger partial charge in [0.15, 0.2) is 5.69 Å². The van der Waals surface area contributed by atoms with Crippen molar-refractivity contribution in [3.8, 4) is 0 Å². The molecule has 17 heavy (non-hydrogen) atoms. The highest BCUT2D eigenvalue weighted by molar-refractivity contribution is 5.85. The molecule has 0 saturated heterocycles. The standard InChI is InChI=1S/C12H18N2O3/c1-2-8-3-5-9(6-4-8)13-12-14-10(7-17-12)11(15)16/h7-9H,2-6H2,1H3,(H,13,14)(H,15,16). The Morgan fingerprint density at radius 2 is 2.24 bits per heavy atom. The number of hydrogen-bond acceptors (Lipinski definition) is 4. The minimum absolute atomic E-state index is 0.0465. The Morgan fingerprint density at radius 3 is 2.76 bits per heavy atom. The molecule has 1 aromatic rings. The van der Waals surface area contributed by atoms with E-state index in [9.17, 15) is 4.79 Å². The molecule has 0 spiro atoms. The summed E-state index contributed by atoms with van der Waals surface area (Å²) in [4.78, 5) is 14.5. The number of carbonyl (C=O) groups is 1. The summed E-state index contributed by atoms with van der Waals surface area (Å²) in [5.41, 5.74) is -0.0465. The third-order valence-corrected chi connectivity index (χ3v) is 3.48. The molecule has 1 heterocycles. The number of hydrogen-bond donors (Lipinski definition) is 2. The lowest BCUT2D eigenvalue weighted by atomic mass is 9.85. The van der Waals surface area contributed by atoms with Gasteiger partial charge in [-0.15, -0.1) is 0 Å². The van der Waals surface area contributed by atoms with Gasteiger partial charge in [-0.2, -0.15) is 4.98 Å². The summed E-state index contributed by atoms with van der Waals surface area (Å²) in [6.45, 7) is 2.23. The van der Waals surface area contributed by atoms with Crippen LogP contribution >= 0.6 is 0 Å². The SMILES string of the molecule is CCC1CCC(Nc2nc(C(=O)O)co2)CC1. The van der Waals surface area contributed by atoms with Crippen LogP contribution in [-0.2, 0) is 0 Å². The van der Waals surface area contributed by atoms with E-state index in [1.54, 1.807) is 0 Å². The number of nitrogens with zero attached hydrogens (tertiary/aromatic N) is 1. The number of carboxylic acids is 1. The van der Waals surface area contributed by atoms with E-state index in [1.165, 1.54) is 25.5 Å². The lowest BCUT2D eigenvalue weighted by Gasteiger charge is -2.27. The fourth-order valence-corrected chi connectivity index (χ4v) is 2.33. The van der Waals surface area contributed by atoms with Gasteiger partial charge < -0.3 is 14.8 Å². The molecule has 0 radical (unpaired) electrons. The molecule has 5 heteroatoms. The molecule has 0 aliphatic heterocycles. The van der Waals surface area contributed by atoms with Gasteiger partial charge in [0, 0.05) is 6.04 Å². The first-order valence-electron chi connectivity index (χ1n) is 6.14. The number of carboxylic acid groups (broad SMARTS) is 1. The van der Waals surface area contributed by atoms with Gasteiger partial charge in [0.2, 0.25) is 0 Å². The molecule has 94 valence electrons. The Bertz CT molecular complexity index is 381. The van der Waals surface area contributed by atoms with Crippen LogP contribution in [0.4, 0.5) is 6.01 Å². The van der Waals surface area contributed by atoms with Crippen molar-refractivity contribution in [1.82, 2.24) is 4.98 Å². The predicted molar refractivity (Wildman–Crippen MR) is 63.1 cm³/mol. The molecule has 0 amide bonds. The molecule has 0 aromatic carbocycles. The summed E-state index contributed by atoms with van der Waals surface area (Å²) in [6.07, 6.45) is 7.06. The van der Waals surface area contributed by atoms with Crippen LogP contribution in [-0.4, -0.2) is 22.1 Å². The van der Waals surface area contributed by atoms with Crippen molar-refractivity contribution in [2.45, 2.75) is 45.1 Å². The van der Waals surface area contributed by atoms with Crippen molar-refractivity contribution in [2.24, 2.45) is 5.92 Å². The van der Waals surface area contributed by atoms with Crippen molar-refractivity contribution >= 4 is 12.0 Å². The van der Waals surface area contributed by atoms with Crippen molar-refractivity contribution in [2.75, 3.05) is 5.32 Å². The third kappa shape index (κ3) is 2.99. The maximum atomic E-state index is 10.6. The van der Waals surface area contributed by atoms with Crippen molar-refractivity contribution in [3.63, 3.8) is 0 Å². The summed E-state index contributed by atoms with van der Waals surface area (Å²) >= 11 is 0. The highest BCUT2D eigenvalue weighted by atomic mass is 16.4. The Kier molecular flexibility index (Phi) is 3.66. The zero-order chi connectivity index (χ0) is 12.3. The highest BCUT2D eigenvalue weighted by Crippen LogP contribution is 2.28. The van der Waals surface area contributed by atoms with E-state index in [-0.39, 0.29) is 5.69 Å². The zero-order valence-corrected chi connectivity index (χ0v) is 9.98. The first-order valence-corrected chi connectivity index (χ1v) is 6.14. The van der Waals surface area contributed by atoms with Gasteiger partial charge in [-0.3, -0.25) is 0 Å². The maximum Gasteiger partial charge on any atom is 0.357 e. The largest absolute Gasteiger partial charge is 0.476 e. The van der Waals surface area contributed by atoms with Crippen LogP contribution in [0.1, 0.15) is 49.5 Å². The molecule has 1 saturated carbocycles. The second kappa shape index (κ2) is 5.21. The van der Waals surface area contributed by atoms with Crippen molar-refractivity contribution < 1.29 is 14.3 Å². The van der Waals surface area contributed by atoms with E-state index in [4.69, 9.17) is 9.52 Å². The van der Waals surface area contributed by atoms with E-state index in [1.807, 2.05) is 0 Å². The first kappa shape index (κ1) is 12.0. The predicted octanol–water partition coefficient (Wildman–Crippen LogP) is 2.75. The van der Waals surface area contributed by atoms with Gasteiger partial charge in [-0.1, -0.05) is 13.3 Å². The molecule has 5 nitrogen and oxygen atoms in total. The Morgan fingerprint density at radius 1 is 1.53 bits per heavy atom. The number of rotatable bonds is 4. The van der Waals surface area contributed by atoms with Crippen molar-refractivity contribution in [1.29, 1.82) is 0 Å². The topological polar surface area (TPSA) is 75.4 Å². The van der Waals surface area contributed by atoms with Gasteiger partial charge in [0.1, 0.15) is 6.26 Å². The number of anilines is 1. The summed E-state index contributed by atoms with van der Waals surface area (Å²) in [5, 5.41) is 11.9. The lowest BCUT2D eigenvalue weighted by Crippen LogP contribution is -2.26. The zero-order valence-electron chi connectivity index (χ0n) is 9.98. The van der Waals surface area contributed by atoms with Crippen LogP contribution in [0.15, 0.2) is 10.7 Å². The van der Waals surface area contributed by atoms with Gasteiger partial charge >= 0.3 is 5.97 Å². The van der Waals surface area contributed by atoms with E-state index < -0.39 is 5.97 Å². The van der Waals surface area contributed by atoms with Gasteiger partial charge in [0.05, 0.1) is 0 Å². The van der Waals surface area contributed by atoms with Gasteiger partial charge in [-0.05, 0) is 31.6 Å². The number of oxazole rings is 1. The number of aromatic nitrogens is 1. The van der Waals surface area contributed by atoms with E-state index >= 15 is 0 Å². The molecule has 1 fully saturated rings. The fourth-order valence-electron chi connectivity index (χ4n) is 2.33. The summed E-state index contributed by atoms with van der Waals surface area (Å²) < 4.78 is 5.08. The molecule has 0 bridgehead atoms. The van der Waals surface area contributed by atoms with Crippen LogP contribution in [0.2, 0.25) is 0 Å². The summed E-state index contributed by atoms with van der Waals surface area (Å²) in [5.74, 6) is -0.219. The molecular formula is C12H18N2O3. The molecule has 1 aliphatic rings. The van der Waals surface area contributed by atoms with Crippen LogP contribution in [0.25, 0.3) is 0 Å². The minimum Gasteiger partial charge on any atom is -0.476 e. The quantitative estimate of drug-likeness (QED) is 0.843. The van der Waals surface area contributed by atoms with E-state index in [0.29, 0.717) is 12.1 Å². The normalized spacial score (nSPS) is 24.5. The molecule has 0 atom stereocenters. The average Bonchev–Trinajstić information content (AvgIpc) is 2.79. The second-order valence-corrected chi connectivity index (χ2v) is 4.61. The molecular weight excluding hydrogens is 220 g/mol. The van der Waals surface area contributed by atoms with Gasteiger partial charge in [-0.25, -0.2) is 4.79 Å². The van der Waals surface area contributed by atoms with Gasteiger partial charge in [0.25, 0.3) is 6.01 Å². The van der Waals surface area contributed by atoms with Crippen molar-refractivity contribution in [3.05, 3.63) is 12.0 Å². The minimum atomic E-state index is -1.06. The van der Waals surface area contributed by atoms with Crippen LogP contribution in [0.5, 0.6) is 0 Å². The Balaban J connectivity index is 1.86. The Labute approximate surface area is 100 Å².